The van der Waals surface area contributed by atoms with Crippen LogP contribution in [-0.2, 0) is 22.7 Å². The largest absolute Gasteiger partial charge is 0.382 e. The third kappa shape index (κ3) is 1.91. The fourth-order valence-electron chi connectivity index (χ4n) is 2.48. The lowest BCUT2D eigenvalue weighted by atomic mass is 10.0. The van der Waals surface area contributed by atoms with Gasteiger partial charge >= 0.3 is 0 Å². The first-order chi connectivity index (χ1) is 9.58. The van der Waals surface area contributed by atoms with Crippen molar-refractivity contribution in [2.75, 3.05) is 5.73 Å². The van der Waals surface area contributed by atoms with Gasteiger partial charge in [-0.2, -0.15) is 0 Å². The third-order valence-corrected chi connectivity index (χ3v) is 3.52. The monoisotopic (exact) mass is 274 g/mol. The molecule has 0 saturated carbocycles. The highest BCUT2D eigenvalue weighted by Gasteiger charge is 2.23. The number of ketones is 2. The Kier molecular flexibility index (Phi) is 2.89. The number of carbonyl (C=O) groups excluding carboxylic acids is 2. The van der Waals surface area contributed by atoms with Crippen LogP contribution in [0.15, 0.2) is 21.9 Å². The first kappa shape index (κ1) is 12.6. The molecule has 2 heterocycles. The number of hydrogen-bond donors (Lipinski definition) is 1. The normalized spacial score (nSPS) is 20.5. The summed E-state index contributed by atoms with van der Waals surface area (Å²) in [6.07, 6.45) is 4.32. The molecule has 1 aliphatic heterocycles. The molecule has 2 aliphatic rings. The van der Waals surface area contributed by atoms with Crippen molar-refractivity contribution in [1.82, 2.24) is 9.36 Å². The Morgan fingerprint density at radius 3 is 2.40 bits per heavy atom. The fraction of sp³-hybridized carbons (Fsp3) is 0.385. The molecular formula is C13H14N4O3. The Morgan fingerprint density at radius 1 is 1.05 bits per heavy atom. The molecule has 0 spiro atoms. The molecule has 20 heavy (non-hydrogen) atoms. The summed E-state index contributed by atoms with van der Waals surface area (Å²) in [6, 6.07) is 0. The van der Waals surface area contributed by atoms with Gasteiger partial charge in [0.15, 0.2) is 23.1 Å². The molecule has 3 rings (SSSR count). The number of nitrogens with two attached hydrogens (primary N) is 1. The first-order valence-electron chi connectivity index (χ1n) is 6.50. The molecule has 2 N–H and O–H groups in total. The zero-order valence-corrected chi connectivity index (χ0v) is 10.8. The maximum Gasteiger partial charge on any atom is 0.294 e. The number of Topliss-reactive ketones (excluding diaryl/α,β-unsaturated/α-hetero) is 1. The van der Waals surface area contributed by atoms with E-state index in [1.807, 2.05) is 0 Å². The van der Waals surface area contributed by atoms with Gasteiger partial charge in [-0.3, -0.25) is 19.1 Å². The quantitative estimate of drug-likeness (QED) is 0.739. The fourth-order valence-corrected chi connectivity index (χ4v) is 2.48. The number of aliphatic imine (C=N–C) groups is 1. The van der Waals surface area contributed by atoms with Gasteiger partial charge in [0.05, 0.1) is 6.42 Å². The summed E-state index contributed by atoms with van der Waals surface area (Å²) in [6.45, 7) is 1.28. The zero-order valence-electron chi connectivity index (χ0n) is 10.8. The Balaban J connectivity index is 2.10. The van der Waals surface area contributed by atoms with Gasteiger partial charge in [0.2, 0.25) is 0 Å². The van der Waals surface area contributed by atoms with Crippen LogP contribution in [0.5, 0.6) is 0 Å². The Bertz CT molecular complexity index is 721. The SMILES string of the molecule is Nc1c(N=C2C=CC(=O)CC2=O)c(=O)n2n1CCCC2. The molecule has 1 aliphatic carbocycles. The van der Waals surface area contributed by atoms with Gasteiger partial charge in [0.25, 0.3) is 5.56 Å². The number of anilines is 1. The second kappa shape index (κ2) is 4.59. The predicted molar refractivity (Wildman–Crippen MR) is 73.2 cm³/mol. The highest BCUT2D eigenvalue weighted by molar-refractivity contribution is 6.49. The van der Waals surface area contributed by atoms with E-state index in [0.29, 0.717) is 13.1 Å². The van der Waals surface area contributed by atoms with E-state index in [4.69, 9.17) is 5.73 Å². The number of hydrogen-bond acceptors (Lipinski definition) is 5. The number of carbonyl (C=O) groups is 2. The maximum atomic E-state index is 12.2. The zero-order chi connectivity index (χ0) is 14.3. The average Bonchev–Trinajstić information content (AvgIpc) is 2.67. The molecular weight excluding hydrogens is 260 g/mol. The second-order valence-electron chi connectivity index (χ2n) is 4.89. The summed E-state index contributed by atoms with van der Waals surface area (Å²) in [5, 5.41) is 0. The minimum atomic E-state index is -0.384. The van der Waals surface area contributed by atoms with E-state index >= 15 is 0 Å². The molecule has 0 radical (unpaired) electrons. The molecule has 7 nitrogen and oxygen atoms in total. The molecule has 0 unspecified atom stereocenters. The Hall–Kier alpha value is -2.44. The van der Waals surface area contributed by atoms with Crippen molar-refractivity contribution in [3.8, 4) is 0 Å². The first-order valence-corrected chi connectivity index (χ1v) is 6.50. The van der Waals surface area contributed by atoms with Crippen molar-refractivity contribution in [1.29, 1.82) is 0 Å². The number of aromatic nitrogens is 2. The maximum absolute atomic E-state index is 12.2. The van der Waals surface area contributed by atoms with E-state index in [0.717, 1.165) is 12.8 Å². The smallest absolute Gasteiger partial charge is 0.294 e. The molecule has 1 aromatic heterocycles. The Labute approximate surface area is 114 Å². The highest BCUT2D eigenvalue weighted by atomic mass is 16.2. The van der Waals surface area contributed by atoms with E-state index in [2.05, 4.69) is 4.99 Å². The molecule has 0 aromatic carbocycles. The number of rotatable bonds is 1. The van der Waals surface area contributed by atoms with E-state index < -0.39 is 0 Å². The topological polar surface area (TPSA) is 99.5 Å². The molecule has 0 saturated heterocycles. The van der Waals surface area contributed by atoms with E-state index in [-0.39, 0.29) is 40.8 Å². The minimum Gasteiger partial charge on any atom is -0.382 e. The summed E-state index contributed by atoms with van der Waals surface area (Å²) in [5.74, 6) is -0.361. The number of fused-ring (bicyclic) bond motifs is 1. The summed E-state index contributed by atoms with van der Waals surface area (Å²) in [5.41, 5.74) is 5.86. The minimum absolute atomic E-state index is 0.0919. The van der Waals surface area contributed by atoms with Gasteiger partial charge in [-0.15, -0.1) is 0 Å². The van der Waals surface area contributed by atoms with Gasteiger partial charge in [0.1, 0.15) is 5.71 Å². The summed E-state index contributed by atoms with van der Waals surface area (Å²) < 4.78 is 3.26. The lowest BCUT2D eigenvalue weighted by Gasteiger charge is -2.17. The van der Waals surface area contributed by atoms with Crippen molar-refractivity contribution in [3.63, 3.8) is 0 Å². The molecule has 7 heteroatoms. The Morgan fingerprint density at radius 2 is 1.75 bits per heavy atom. The van der Waals surface area contributed by atoms with Gasteiger partial charge in [-0.25, -0.2) is 9.67 Å². The lowest BCUT2D eigenvalue weighted by Crippen LogP contribution is -2.27. The van der Waals surface area contributed by atoms with Crippen LogP contribution in [0.2, 0.25) is 0 Å². The molecule has 1 aromatic rings. The van der Waals surface area contributed by atoms with Crippen molar-refractivity contribution in [3.05, 3.63) is 22.5 Å². The van der Waals surface area contributed by atoms with Crippen molar-refractivity contribution >= 4 is 28.8 Å². The van der Waals surface area contributed by atoms with Crippen LogP contribution in [0.1, 0.15) is 19.3 Å². The van der Waals surface area contributed by atoms with Crippen LogP contribution in [0.4, 0.5) is 11.5 Å². The summed E-state index contributed by atoms with van der Waals surface area (Å²) >= 11 is 0. The van der Waals surface area contributed by atoms with Crippen molar-refractivity contribution in [2.45, 2.75) is 32.4 Å². The van der Waals surface area contributed by atoms with Gasteiger partial charge in [-0.1, -0.05) is 0 Å². The van der Waals surface area contributed by atoms with Crippen LogP contribution in [0, 0.1) is 0 Å². The van der Waals surface area contributed by atoms with Crippen molar-refractivity contribution < 1.29 is 9.59 Å². The standard InChI is InChI=1S/C13H14N4O3/c14-12-11(13(20)17-6-2-1-5-16(12)17)15-9-4-3-8(18)7-10(9)19/h3-4H,1-2,5-7,14H2. The predicted octanol–water partition coefficient (Wildman–Crippen LogP) is 0.196. The summed E-state index contributed by atoms with van der Waals surface area (Å²) in [4.78, 5) is 39.1. The van der Waals surface area contributed by atoms with Crippen molar-refractivity contribution in [2.24, 2.45) is 4.99 Å². The number of nitrogen functional groups attached to an aromatic ring is 1. The van der Waals surface area contributed by atoms with Crippen LogP contribution in [0.25, 0.3) is 0 Å². The van der Waals surface area contributed by atoms with Crippen LogP contribution < -0.4 is 11.3 Å². The average molecular weight is 274 g/mol. The van der Waals surface area contributed by atoms with Crippen LogP contribution >= 0.6 is 0 Å². The molecule has 0 fully saturated rings. The lowest BCUT2D eigenvalue weighted by molar-refractivity contribution is -0.121. The van der Waals surface area contributed by atoms with E-state index in [1.165, 1.54) is 12.2 Å². The van der Waals surface area contributed by atoms with Gasteiger partial charge < -0.3 is 5.73 Å². The van der Waals surface area contributed by atoms with Gasteiger partial charge in [0, 0.05) is 13.1 Å². The molecule has 0 bridgehead atoms. The molecule has 104 valence electrons. The molecule has 0 amide bonds. The second-order valence-corrected chi connectivity index (χ2v) is 4.89. The van der Waals surface area contributed by atoms with Crippen LogP contribution in [0.3, 0.4) is 0 Å². The summed E-state index contributed by atoms with van der Waals surface area (Å²) in [7, 11) is 0. The van der Waals surface area contributed by atoms with Crippen LogP contribution in [-0.4, -0.2) is 26.6 Å². The number of nitrogens with zero attached hydrogens (tertiary/aromatic N) is 3. The van der Waals surface area contributed by atoms with E-state index in [1.54, 1.807) is 9.36 Å². The number of allylic oxidation sites excluding steroid dienone is 2. The third-order valence-electron chi connectivity index (χ3n) is 3.52. The highest BCUT2D eigenvalue weighted by Crippen LogP contribution is 2.22. The molecule has 0 atom stereocenters. The van der Waals surface area contributed by atoms with Gasteiger partial charge in [-0.05, 0) is 25.0 Å². The van der Waals surface area contributed by atoms with E-state index in [9.17, 15) is 14.4 Å².